The first-order valence-corrected chi connectivity index (χ1v) is 10.5. The quantitative estimate of drug-likeness (QED) is 0.262. The Hall–Kier alpha value is -2.94. The normalized spacial score (nSPS) is 12.2. The summed E-state index contributed by atoms with van der Waals surface area (Å²) in [5, 5.41) is 38.5. The third kappa shape index (κ3) is 10.9. The largest absolute Gasteiger partial charge is 0.490 e. The molecule has 0 heterocycles. The van der Waals surface area contributed by atoms with E-state index in [1.807, 2.05) is 24.3 Å². The Labute approximate surface area is 188 Å². The third-order valence-electron chi connectivity index (χ3n) is 4.53. The predicted molar refractivity (Wildman–Crippen MR) is 121 cm³/mol. The Bertz CT molecular complexity index is 811. The number of aliphatic carboxylic acids is 2. The summed E-state index contributed by atoms with van der Waals surface area (Å²) < 4.78 is 5.77. The molecular weight excluding hydrogens is 414 g/mol. The lowest BCUT2D eigenvalue weighted by Crippen LogP contribution is -2.32. The van der Waals surface area contributed by atoms with Gasteiger partial charge in [0.15, 0.2) is 0 Å². The minimum Gasteiger partial charge on any atom is -0.490 e. The van der Waals surface area contributed by atoms with Crippen molar-refractivity contribution in [2.45, 2.75) is 45.3 Å². The van der Waals surface area contributed by atoms with Crippen molar-refractivity contribution in [1.29, 1.82) is 0 Å². The topological polar surface area (TPSA) is 136 Å². The smallest absolute Gasteiger partial charge is 0.414 e. The summed E-state index contributed by atoms with van der Waals surface area (Å²) in [5.74, 6) is -3.01. The highest BCUT2D eigenvalue weighted by Gasteiger charge is 2.14. The van der Waals surface area contributed by atoms with Crippen molar-refractivity contribution < 1.29 is 34.8 Å². The SMILES string of the molecule is CCCNCC(O)COc1ccccc1C(O)CCc1ccc(C)cc1.O=C(O)C(=O)O. The summed E-state index contributed by atoms with van der Waals surface area (Å²) in [4.78, 5) is 18.2. The van der Waals surface area contributed by atoms with Crippen molar-refractivity contribution in [2.24, 2.45) is 0 Å². The molecule has 2 unspecified atom stereocenters. The van der Waals surface area contributed by atoms with Crippen LogP contribution in [-0.2, 0) is 16.0 Å². The number of ether oxygens (including phenoxy) is 1. The number of aryl methyl sites for hydroxylation is 2. The lowest BCUT2D eigenvalue weighted by molar-refractivity contribution is -0.159. The molecule has 5 N–H and O–H groups in total. The van der Waals surface area contributed by atoms with Gasteiger partial charge in [-0.05, 0) is 44.4 Å². The van der Waals surface area contributed by atoms with Crippen LogP contribution in [-0.4, -0.2) is 58.2 Å². The number of hydrogen-bond donors (Lipinski definition) is 5. The molecule has 2 rings (SSSR count). The molecule has 0 aromatic heterocycles. The Morgan fingerprint density at radius 3 is 2.22 bits per heavy atom. The van der Waals surface area contributed by atoms with Gasteiger partial charge in [-0.1, -0.05) is 55.0 Å². The second-order valence-electron chi connectivity index (χ2n) is 7.36. The fraction of sp³-hybridized carbons (Fsp3) is 0.417. The number of aliphatic hydroxyl groups is 2. The van der Waals surface area contributed by atoms with E-state index in [-0.39, 0.29) is 6.61 Å². The van der Waals surface area contributed by atoms with Crippen molar-refractivity contribution in [3.8, 4) is 5.75 Å². The van der Waals surface area contributed by atoms with Crippen LogP contribution in [0, 0.1) is 6.92 Å². The average Bonchev–Trinajstić information content (AvgIpc) is 2.78. The molecule has 0 bridgehead atoms. The number of aliphatic hydroxyl groups excluding tert-OH is 2. The fourth-order valence-electron chi connectivity index (χ4n) is 2.79. The van der Waals surface area contributed by atoms with E-state index in [1.165, 1.54) is 11.1 Å². The Balaban J connectivity index is 0.000000751. The minimum atomic E-state index is -1.82. The molecule has 8 nitrogen and oxygen atoms in total. The molecule has 0 radical (unpaired) electrons. The fourth-order valence-corrected chi connectivity index (χ4v) is 2.79. The van der Waals surface area contributed by atoms with E-state index < -0.39 is 24.1 Å². The van der Waals surface area contributed by atoms with Crippen LogP contribution in [0.3, 0.4) is 0 Å². The van der Waals surface area contributed by atoms with Gasteiger partial charge in [-0.15, -0.1) is 0 Å². The van der Waals surface area contributed by atoms with Gasteiger partial charge in [0.05, 0.1) is 6.10 Å². The van der Waals surface area contributed by atoms with Crippen molar-refractivity contribution >= 4 is 11.9 Å². The van der Waals surface area contributed by atoms with Gasteiger partial charge in [0.2, 0.25) is 0 Å². The molecular formula is C24H33NO7. The van der Waals surface area contributed by atoms with Crippen LogP contribution in [0.5, 0.6) is 5.75 Å². The van der Waals surface area contributed by atoms with Crippen LogP contribution >= 0.6 is 0 Å². The molecule has 176 valence electrons. The Kier molecular flexibility index (Phi) is 12.7. The van der Waals surface area contributed by atoms with Crippen molar-refractivity contribution in [1.82, 2.24) is 5.32 Å². The van der Waals surface area contributed by atoms with Gasteiger partial charge in [-0.2, -0.15) is 0 Å². The van der Waals surface area contributed by atoms with Crippen LogP contribution < -0.4 is 10.1 Å². The first-order valence-electron chi connectivity index (χ1n) is 10.5. The molecule has 0 saturated heterocycles. The summed E-state index contributed by atoms with van der Waals surface area (Å²) in [6.45, 7) is 5.75. The van der Waals surface area contributed by atoms with Crippen LogP contribution in [0.1, 0.15) is 42.6 Å². The van der Waals surface area contributed by atoms with E-state index in [0.717, 1.165) is 24.9 Å². The van der Waals surface area contributed by atoms with E-state index in [4.69, 9.17) is 24.5 Å². The average molecular weight is 448 g/mol. The number of carboxylic acid groups (broad SMARTS) is 2. The van der Waals surface area contributed by atoms with Crippen LogP contribution in [0.2, 0.25) is 0 Å². The molecule has 0 amide bonds. The number of para-hydroxylation sites is 1. The highest BCUT2D eigenvalue weighted by molar-refractivity contribution is 6.27. The summed E-state index contributed by atoms with van der Waals surface area (Å²) in [5.41, 5.74) is 3.22. The molecule has 0 saturated carbocycles. The lowest BCUT2D eigenvalue weighted by atomic mass is 10.00. The predicted octanol–water partition coefficient (Wildman–Crippen LogP) is 2.56. The molecule has 32 heavy (non-hydrogen) atoms. The second-order valence-corrected chi connectivity index (χ2v) is 7.36. The monoisotopic (exact) mass is 447 g/mol. The summed E-state index contributed by atoms with van der Waals surface area (Å²) >= 11 is 0. The minimum absolute atomic E-state index is 0.207. The third-order valence-corrected chi connectivity index (χ3v) is 4.53. The van der Waals surface area contributed by atoms with Crippen molar-refractivity contribution in [3.05, 3.63) is 65.2 Å². The molecule has 2 aromatic carbocycles. The zero-order valence-electron chi connectivity index (χ0n) is 18.5. The first-order chi connectivity index (χ1) is 15.2. The maximum atomic E-state index is 10.6. The van der Waals surface area contributed by atoms with Gasteiger partial charge >= 0.3 is 11.9 Å². The zero-order chi connectivity index (χ0) is 23.9. The van der Waals surface area contributed by atoms with Crippen molar-refractivity contribution in [2.75, 3.05) is 19.7 Å². The van der Waals surface area contributed by atoms with Gasteiger partial charge in [0.25, 0.3) is 0 Å². The van der Waals surface area contributed by atoms with E-state index in [2.05, 4.69) is 43.4 Å². The Morgan fingerprint density at radius 2 is 1.62 bits per heavy atom. The molecule has 0 aliphatic heterocycles. The first kappa shape index (κ1) is 27.1. The number of carbonyl (C=O) groups is 2. The zero-order valence-corrected chi connectivity index (χ0v) is 18.5. The number of benzene rings is 2. The molecule has 0 spiro atoms. The highest BCUT2D eigenvalue weighted by atomic mass is 16.5. The van der Waals surface area contributed by atoms with Crippen LogP contribution in [0.25, 0.3) is 0 Å². The lowest BCUT2D eigenvalue weighted by Gasteiger charge is -2.18. The summed E-state index contributed by atoms with van der Waals surface area (Å²) in [6, 6.07) is 15.9. The molecule has 2 aromatic rings. The maximum Gasteiger partial charge on any atom is 0.414 e. The second kappa shape index (κ2) is 15.0. The van der Waals surface area contributed by atoms with Gasteiger partial charge in [0.1, 0.15) is 18.5 Å². The van der Waals surface area contributed by atoms with Crippen LogP contribution in [0.4, 0.5) is 0 Å². The number of rotatable bonds is 11. The van der Waals surface area contributed by atoms with E-state index >= 15 is 0 Å². The highest BCUT2D eigenvalue weighted by Crippen LogP contribution is 2.28. The van der Waals surface area contributed by atoms with Gasteiger partial charge < -0.3 is 30.5 Å². The van der Waals surface area contributed by atoms with Gasteiger partial charge in [-0.25, -0.2) is 9.59 Å². The summed E-state index contributed by atoms with van der Waals surface area (Å²) in [7, 11) is 0. The molecule has 0 aliphatic carbocycles. The maximum absolute atomic E-state index is 10.6. The molecule has 0 aliphatic rings. The van der Waals surface area contributed by atoms with E-state index in [9.17, 15) is 10.2 Å². The molecule has 8 heteroatoms. The Morgan fingerprint density at radius 1 is 1.00 bits per heavy atom. The number of carboxylic acids is 2. The standard InChI is InChI=1S/C22H31NO3.C2H2O4/c1-3-14-23-15-19(24)16-26-22-7-5-4-6-20(22)21(25)13-12-18-10-8-17(2)9-11-18;3-1(4)2(5)6/h4-11,19,21,23-25H,3,12-16H2,1-2H3;(H,3,4)(H,5,6). The van der Waals surface area contributed by atoms with Crippen LogP contribution in [0.15, 0.2) is 48.5 Å². The van der Waals surface area contributed by atoms with E-state index in [1.54, 1.807) is 0 Å². The van der Waals surface area contributed by atoms with Gasteiger partial charge in [0, 0.05) is 12.1 Å². The van der Waals surface area contributed by atoms with E-state index in [0.29, 0.717) is 18.7 Å². The molecule has 0 fully saturated rings. The van der Waals surface area contributed by atoms with Crippen molar-refractivity contribution in [3.63, 3.8) is 0 Å². The number of nitrogens with one attached hydrogen (secondary N) is 1. The molecule has 2 atom stereocenters. The number of hydrogen-bond acceptors (Lipinski definition) is 6. The summed E-state index contributed by atoms with van der Waals surface area (Å²) in [6.07, 6.45) is 1.30. The van der Waals surface area contributed by atoms with Gasteiger partial charge in [-0.3, -0.25) is 0 Å².